The molecule has 122 valence electrons. The lowest BCUT2D eigenvalue weighted by atomic mass is 9.94. The number of piperidine rings is 1. The van der Waals surface area contributed by atoms with Gasteiger partial charge in [-0.05, 0) is 32.8 Å². The van der Waals surface area contributed by atoms with Gasteiger partial charge in [-0.25, -0.2) is 4.79 Å². The van der Waals surface area contributed by atoms with E-state index in [1.54, 1.807) is 0 Å². The van der Waals surface area contributed by atoms with Crippen molar-refractivity contribution in [2.24, 2.45) is 0 Å². The number of nitrogens with zero attached hydrogens (tertiary/aromatic N) is 2. The van der Waals surface area contributed by atoms with Gasteiger partial charge in [0.05, 0.1) is 12.1 Å². The van der Waals surface area contributed by atoms with Gasteiger partial charge in [0.1, 0.15) is 0 Å². The fraction of sp³-hybridized carbons (Fsp3) is 0.588. The highest BCUT2D eigenvalue weighted by Gasteiger charge is 2.39. The molecule has 0 bridgehead atoms. The predicted octanol–water partition coefficient (Wildman–Crippen LogP) is 2.40. The van der Waals surface area contributed by atoms with Crippen molar-refractivity contribution < 1.29 is 15.0 Å². The molecule has 5 heteroatoms. The molecule has 2 atom stereocenters. The fourth-order valence-electron chi connectivity index (χ4n) is 3.20. The number of hydrogen-bond acceptors (Lipinski definition) is 3. The highest BCUT2D eigenvalue weighted by molar-refractivity contribution is 5.66. The third-order valence-electron chi connectivity index (χ3n) is 4.14. The Morgan fingerprint density at radius 1 is 1.32 bits per heavy atom. The monoisotopic (exact) mass is 306 g/mol. The normalized spacial score (nSPS) is 23.3. The van der Waals surface area contributed by atoms with Crippen LogP contribution in [-0.2, 0) is 6.54 Å². The molecular formula is C17H26N2O3. The topological polar surface area (TPSA) is 64.0 Å². The van der Waals surface area contributed by atoms with E-state index in [2.05, 4.69) is 17.0 Å². The number of carboxylic acid groups (broad SMARTS) is 1. The lowest BCUT2D eigenvalue weighted by Crippen LogP contribution is -2.60. The summed E-state index contributed by atoms with van der Waals surface area (Å²) in [6.07, 6.45) is -0.974. The molecule has 0 radical (unpaired) electrons. The lowest BCUT2D eigenvalue weighted by Gasteiger charge is -2.45. The molecule has 1 heterocycles. The summed E-state index contributed by atoms with van der Waals surface area (Å²) in [6.45, 7) is 7.67. The molecule has 1 saturated heterocycles. The Balaban J connectivity index is 2.02. The van der Waals surface area contributed by atoms with Gasteiger partial charge in [-0.1, -0.05) is 30.3 Å². The molecule has 1 aliphatic rings. The van der Waals surface area contributed by atoms with E-state index in [9.17, 15) is 15.0 Å². The maximum absolute atomic E-state index is 11.6. The number of amides is 1. The standard InChI is InChI=1S/C17H26N2O3/c1-17(2,3)19(16(21)22)14-9-10-18(12-15(14)20)11-13-7-5-4-6-8-13/h4-8,14-15,20H,9-12H2,1-3H3,(H,21,22)/t14-,15-/m1/s1. The zero-order valence-electron chi connectivity index (χ0n) is 13.6. The van der Waals surface area contributed by atoms with Crippen LogP contribution in [0.2, 0.25) is 0 Å². The summed E-state index contributed by atoms with van der Waals surface area (Å²) in [6, 6.07) is 9.78. The molecule has 1 aromatic carbocycles. The summed E-state index contributed by atoms with van der Waals surface area (Å²) in [5.74, 6) is 0. The van der Waals surface area contributed by atoms with Crippen molar-refractivity contribution in [1.82, 2.24) is 9.80 Å². The first-order chi connectivity index (χ1) is 10.3. The van der Waals surface area contributed by atoms with Gasteiger partial charge in [-0.3, -0.25) is 9.80 Å². The summed E-state index contributed by atoms with van der Waals surface area (Å²) in [7, 11) is 0. The van der Waals surface area contributed by atoms with Crippen LogP contribution in [0.25, 0.3) is 0 Å². The second kappa shape index (κ2) is 6.67. The molecule has 2 N–H and O–H groups in total. The first kappa shape index (κ1) is 16.8. The highest BCUT2D eigenvalue weighted by Crippen LogP contribution is 2.25. The average molecular weight is 306 g/mol. The molecule has 1 aromatic rings. The molecule has 2 rings (SSSR count). The Hall–Kier alpha value is -1.59. The molecule has 0 unspecified atom stereocenters. The minimum Gasteiger partial charge on any atom is -0.465 e. The SMILES string of the molecule is CC(C)(C)N(C(=O)O)[C@@H]1CCN(Cc2ccccc2)C[C@H]1O. The van der Waals surface area contributed by atoms with E-state index >= 15 is 0 Å². The Bertz CT molecular complexity index is 498. The van der Waals surface area contributed by atoms with Crippen molar-refractivity contribution in [2.75, 3.05) is 13.1 Å². The summed E-state index contributed by atoms with van der Waals surface area (Å²) in [5.41, 5.74) is 0.693. The fourth-order valence-corrected chi connectivity index (χ4v) is 3.20. The molecule has 22 heavy (non-hydrogen) atoms. The van der Waals surface area contributed by atoms with E-state index in [4.69, 9.17) is 0 Å². The summed E-state index contributed by atoms with van der Waals surface area (Å²) >= 11 is 0. The average Bonchev–Trinajstić information content (AvgIpc) is 2.41. The zero-order valence-corrected chi connectivity index (χ0v) is 13.6. The maximum atomic E-state index is 11.6. The van der Waals surface area contributed by atoms with Gasteiger partial charge in [-0.15, -0.1) is 0 Å². The summed E-state index contributed by atoms with van der Waals surface area (Å²) in [5, 5.41) is 19.9. The van der Waals surface area contributed by atoms with Crippen LogP contribution >= 0.6 is 0 Å². The smallest absolute Gasteiger partial charge is 0.408 e. The Morgan fingerprint density at radius 3 is 2.45 bits per heavy atom. The van der Waals surface area contributed by atoms with E-state index in [-0.39, 0.29) is 6.04 Å². The molecule has 5 nitrogen and oxygen atoms in total. The Morgan fingerprint density at radius 2 is 1.95 bits per heavy atom. The minimum absolute atomic E-state index is 0.343. The van der Waals surface area contributed by atoms with Crippen molar-refractivity contribution in [3.05, 3.63) is 35.9 Å². The van der Waals surface area contributed by atoms with Crippen molar-refractivity contribution in [2.45, 2.75) is 51.4 Å². The number of aliphatic hydroxyl groups is 1. The number of carbonyl (C=O) groups is 1. The van der Waals surface area contributed by atoms with E-state index in [0.29, 0.717) is 13.0 Å². The molecule has 1 aliphatic heterocycles. The number of aliphatic hydroxyl groups excluding tert-OH is 1. The van der Waals surface area contributed by atoms with Crippen LogP contribution in [-0.4, -0.2) is 56.9 Å². The number of hydrogen-bond donors (Lipinski definition) is 2. The number of benzene rings is 1. The van der Waals surface area contributed by atoms with Crippen LogP contribution in [0, 0.1) is 0 Å². The molecular weight excluding hydrogens is 280 g/mol. The zero-order chi connectivity index (χ0) is 16.3. The third kappa shape index (κ3) is 3.99. The third-order valence-corrected chi connectivity index (χ3v) is 4.14. The van der Waals surface area contributed by atoms with Crippen LogP contribution in [0.1, 0.15) is 32.8 Å². The number of rotatable bonds is 3. The van der Waals surface area contributed by atoms with Gasteiger partial charge in [0.2, 0.25) is 0 Å². The lowest BCUT2D eigenvalue weighted by molar-refractivity contribution is -0.0367. The van der Waals surface area contributed by atoms with Crippen LogP contribution in [0.4, 0.5) is 4.79 Å². The maximum Gasteiger partial charge on any atom is 0.408 e. The number of likely N-dealkylation sites (tertiary alicyclic amines) is 1. The summed E-state index contributed by atoms with van der Waals surface area (Å²) < 4.78 is 0. The highest BCUT2D eigenvalue weighted by atomic mass is 16.4. The van der Waals surface area contributed by atoms with Crippen molar-refractivity contribution in [3.8, 4) is 0 Å². The van der Waals surface area contributed by atoms with Crippen LogP contribution in [0.5, 0.6) is 0 Å². The predicted molar refractivity (Wildman–Crippen MR) is 85.7 cm³/mol. The Kier molecular flexibility index (Phi) is 5.08. The first-order valence-electron chi connectivity index (χ1n) is 7.75. The molecule has 0 aromatic heterocycles. The largest absolute Gasteiger partial charge is 0.465 e. The molecule has 1 amide bonds. The van der Waals surface area contributed by atoms with Gasteiger partial charge >= 0.3 is 6.09 Å². The van der Waals surface area contributed by atoms with Gasteiger partial charge < -0.3 is 10.2 Å². The van der Waals surface area contributed by atoms with E-state index in [1.807, 2.05) is 39.0 Å². The van der Waals surface area contributed by atoms with Gasteiger partial charge in [0.25, 0.3) is 0 Å². The van der Waals surface area contributed by atoms with E-state index < -0.39 is 17.7 Å². The van der Waals surface area contributed by atoms with Gasteiger partial charge in [-0.2, -0.15) is 0 Å². The van der Waals surface area contributed by atoms with Crippen LogP contribution in [0.15, 0.2) is 30.3 Å². The van der Waals surface area contributed by atoms with Crippen LogP contribution < -0.4 is 0 Å². The van der Waals surface area contributed by atoms with Crippen molar-refractivity contribution in [1.29, 1.82) is 0 Å². The quantitative estimate of drug-likeness (QED) is 0.900. The second-order valence-electron chi connectivity index (χ2n) is 6.97. The summed E-state index contributed by atoms with van der Waals surface area (Å²) in [4.78, 5) is 15.1. The molecule has 0 aliphatic carbocycles. The molecule has 1 fully saturated rings. The Labute approximate surface area is 132 Å². The van der Waals surface area contributed by atoms with Crippen molar-refractivity contribution >= 4 is 6.09 Å². The van der Waals surface area contributed by atoms with E-state index in [1.165, 1.54) is 10.5 Å². The first-order valence-corrected chi connectivity index (χ1v) is 7.75. The van der Waals surface area contributed by atoms with E-state index in [0.717, 1.165) is 13.1 Å². The van der Waals surface area contributed by atoms with Gasteiger partial charge in [0, 0.05) is 25.2 Å². The minimum atomic E-state index is -0.965. The van der Waals surface area contributed by atoms with Gasteiger partial charge in [0.15, 0.2) is 0 Å². The molecule has 0 saturated carbocycles. The molecule has 0 spiro atoms. The number of β-amino-alcohol motifs (C(OH)–C–C–N with tert-alkyl or cyclic N) is 1. The second-order valence-corrected chi connectivity index (χ2v) is 6.97. The van der Waals surface area contributed by atoms with Crippen molar-refractivity contribution in [3.63, 3.8) is 0 Å². The van der Waals surface area contributed by atoms with Crippen LogP contribution in [0.3, 0.4) is 0 Å².